The minimum atomic E-state index is 0. The van der Waals surface area contributed by atoms with E-state index in [1.54, 1.807) is 14.2 Å². The Hall–Kier alpha value is -0.570. The first-order chi connectivity index (χ1) is 11.7. The van der Waals surface area contributed by atoms with Crippen LogP contribution in [0, 0.1) is 0 Å². The lowest BCUT2D eigenvalue weighted by Crippen LogP contribution is -2.43. The van der Waals surface area contributed by atoms with Crippen molar-refractivity contribution in [1.29, 1.82) is 0 Å². The summed E-state index contributed by atoms with van der Waals surface area (Å²) in [4.78, 5) is 6.83. The molecule has 1 aromatic carbocycles. The van der Waals surface area contributed by atoms with Crippen molar-refractivity contribution >= 4 is 41.5 Å². The Kier molecular flexibility index (Phi) is 11.4. The molecule has 2 N–H and O–H groups in total. The minimum absolute atomic E-state index is 0. The molecule has 25 heavy (non-hydrogen) atoms. The number of likely N-dealkylation sites (tertiary alicyclic amines) is 1. The van der Waals surface area contributed by atoms with Crippen molar-refractivity contribution in [2.75, 3.05) is 46.9 Å². The number of nitrogens with one attached hydrogen (secondary N) is 2. The van der Waals surface area contributed by atoms with Crippen LogP contribution in [-0.2, 0) is 4.74 Å². The van der Waals surface area contributed by atoms with E-state index in [0.717, 1.165) is 50.2 Å². The quantitative estimate of drug-likeness (QED) is 0.259. The summed E-state index contributed by atoms with van der Waals surface area (Å²) >= 11 is 6.20. The van der Waals surface area contributed by atoms with E-state index in [4.69, 9.17) is 16.3 Å². The summed E-state index contributed by atoms with van der Waals surface area (Å²) in [5.41, 5.74) is 1.26. The molecule has 0 bridgehead atoms. The first-order valence-electron chi connectivity index (χ1n) is 8.67. The maximum Gasteiger partial charge on any atom is 0.191 e. The van der Waals surface area contributed by atoms with E-state index in [1.165, 1.54) is 18.4 Å². The molecular formula is C18H30ClIN4O. The largest absolute Gasteiger partial charge is 0.385 e. The third kappa shape index (κ3) is 7.68. The number of rotatable bonds is 8. The van der Waals surface area contributed by atoms with Gasteiger partial charge in [0, 0.05) is 38.9 Å². The first-order valence-corrected chi connectivity index (χ1v) is 9.05. The number of hydrogen-bond donors (Lipinski definition) is 2. The second kappa shape index (κ2) is 12.7. The van der Waals surface area contributed by atoms with E-state index in [2.05, 4.69) is 32.7 Å². The second-order valence-electron chi connectivity index (χ2n) is 6.04. The Morgan fingerprint density at radius 3 is 2.72 bits per heavy atom. The second-order valence-corrected chi connectivity index (χ2v) is 6.48. The molecular weight excluding hydrogens is 451 g/mol. The van der Waals surface area contributed by atoms with Crippen LogP contribution >= 0.6 is 35.6 Å². The maximum absolute atomic E-state index is 6.20. The lowest BCUT2D eigenvalue weighted by atomic mass is 10.1. The van der Waals surface area contributed by atoms with Gasteiger partial charge in [0.05, 0.1) is 6.04 Å². The third-order valence-corrected chi connectivity index (χ3v) is 4.55. The van der Waals surface area contributed by atoms with Crippen molar-refractivity contribution in [3.63, 3.8) is 0 Å². The molecule has 5 nitrogen and oxygen atoms in total. The lowest BCUT2D eigenvalue weighted by Gasteiger charge is -2.29. The van der Waals surface area contributed by atoms with Crippen molar-refractivity contribution in [1.82, 2.24) is 15.5 Å². The molecule has 0 aliphatic carbocycles. The topological polar surface area (TPSA) is 48.9 Å². The zero-order valence-corrected chi connectivity index (χ0v) is 18.2. The number of hydrogen-bond acceptors (Lipinski definition) is 3. The van der Waals surface area contributed by atoms with Crippen molar-refractivity contribution in [3.8, 4) is 0 Å². The van der Waals surface area contributed by atoms with Gasteiger partial charge >= 0.3 is 0 Å². The van der Waals surface area contributed by atoms with Crippen LogP contribution in [0.2, 0.25) is 5.02 Å². The summed E-state index contributed by atoms with van der Waals surface area (Å²) in [6, 6.07) is 8.49. The zero-order valence-electron chi connectivity index (χ0n) is 15.1. The maximum atomic E-state index is 6.20. The predicted octanol–water partition coefficient (Wildman–Crippen LogP) is 3.30. The summed E-state index contributed by atoms with van der Waals surface area (Å²) in [7, 11) is 3.52. The molecule has 142 valence electrons. The Labute approximate surface area is 173 Å². The number of guanidine groups is 1. The van der Waals surface area contributed by atoms with E-state index in [0.29, 0.717) is 6.04 Å². The van der Waals surface area contributed by atoms with Gasteiger partial charge in [0.1, 0.15) is 0 Å². The van der Waals surface area contributed by atoms with Crippen molar-refractivity contribution in [3.05, 3.63) is 34.9 Å². The van der Waals surface area contributed by atoms with E-state index in [1.807, 2.05) is 12.1 Å². The summed E-state index contributed by atoms with van der Waals surface area (Å²) in [6.07, 6.45) is 3.49. The molecule has 0 spiro atoms. The van der Waals surface area contributed by atoms with Gasteiger partial charge in [0.2, 0.25) is 0 Å². The molecule has 1 unspecified atom stereocenters. The monoisotopic (exact) mass is 480 g/mol. The van der Waals surface area contributed by atoms with Crippen molar-refractivity contribution in [2.24, 2.45) is 4.99 Å². The fraction of sp³-hybridized carbons (Fsp3) is 0.611. The average Bonchev–Trinajstić information content (AvgIpc) is 3.11. The number of ether oxygens (including phenoxy) is 1. The van der Waals surface area contributed by atoms with Crippen molar-refractivity contribution < 1.29 is 4.74 Å². The lowest BCUT2D eigenvalue weighted by molar-refractivity contribution is 0.195. The van der Waals surface area contributed by atoms with Gasteiger partial charge in [-0.2, -0.15) is 0 Å². The zero-order chi connectivity index (χ0) is 17.2. The summed E-state index contributed by atoms with van der Waals surface area (Å²) in [6.45, 7) is 4.68. The van der Waals surface area contributed by atoms with E-state index in [-0.39, 0.29) is 24.0 Å². The van der Waals surface area contributed by atoms with Gasteiger partial charge in [0.15, 0.2) is 5.96 Å². The van der Waals surface area contributed by atoms with Gasteiger partial charge in [-0.15, -0.1) is 24.0 Å². The third-order valence-electron chi connectivity index (χ3n) is 4.32. The highest BCUT2D eigenvalue weighted by Gasteiger charge is 2.23. The Balaban J connectivity index is 0.00000312. The number of aliphatic imine (C=N–C) groups is 1. The van der Waals surface area contributed by atoms with Gasteiger partial charge in [-0.1, -0.05) is 23.7 Å². The molecule has 1 saturated heterocycles. The Morgan fingerprint density at radius 1 is 1.32 bits per heavy atom. The highest BCUT2D eigenvalue weighted by atomic mass is 127. The van der Waals surface area contributed by atoms with Crippen LogP contribution < -0.4 is 10.6 Å². The van der Waals surface area contributed by atoms with Crippen LogP contribution in [0.5, 0.6) is 0 Å². The molecule has 0 saturated carbocycles. The molecule has 1 aromatic rings. The molecule has 0 radical (unpaired) electrons. The molecule has 1 atom stereocenters. The molecule has 1 fully saturated rings. The standard InChI is InChI=1S/C18H29ClN4O.HI/c1-20-18(21-9-6-12-24-2)22-14-17(23-10-3-4-11-23)15-7-5-8-16(19)13-15;/h5,7-8,13,17H,3-4,6,9-12,14H2,1-2H3,(H2,20,21,22);1H. The average molecular weight is 481 g/mol. The van der Waals surface area contributed by atoms with E-state index in [9.17, 15) is 0 Å². The highest BCUT2D eigenvalue weighted by Crippen LogP contribution is 2.26. The molecule has 1 aliphatic rings. The molecule has 7 heteroatoms. The first kappa shape index (κ1) is 22.5. The van der Waals surface area contributed by atoms with E-state index < -0.39 is 0 Å². The molecule has 0 amide bonds. The highest BCUT2D eigenvalue weighted by molar-refractivity contribution is 14.0. The van der Waals surface area contributed by atoms with Crippen molar-refractivity contribution in [2.45, 2.75) is 25.3 Å². The minimum Gasteiger partial charge on any atom is -0.385 e. The van der Waals surface area contributed by atoms with Gasteiger partial charge < -0.3 is 15.4 Å². The molecule has 0 aromatic heterocycles. The fourth-order valence-corrected chi connectivity index (χ4v) is 3.26. The number of nitrogens with zero attached hydrogens (tertiary/aromatic N) is 2. The summed E-state index contributed by atoms with van der Waals surface area (Å²) in [5, 5.41) is 7.57. The number of benzene rings is 1. The van der Waals surface area contributed by atoms with Crippen LogP contribution in [0.3, 0.4) is 0 Å². The van der Waals surface area contributed by atoms with Crippen LogP contribution in [-0.4, -0.2) is 57.8 Å². The van der Waals surface area contributed by atoms with Crippen LogP contribution in [0.15, 0.2) is 29.3 Å². The summed E-state index contributed by atoms with van der Waals surface area (Å²) in [5.74, 6) is 0.831. The number of methoxy groups -OCH3 is 1. The molecule has 1 heterocycles. The van der Waals surface area contributed by atoms with Gasteiger partial charge in [-0.3, -0.25) is 9.89 Å². The van der Waals surface area contributed by atoms with Crippen LogP contribution in [0.1, 0.15) is 30.9 Å². The Morgan fingerprint density at radius 2 is 2.08 bits per heavy atom. The van der Waals surface area contributed by atoms with Gasteiger partial charge in [0.25, 0.3) is 0 Å². The van der Waals surface area contributed by atoms with Gasteiger partial charge in [-0.05, 0) is 50.0 Å². The summed E-state index contributed by atoms with van der Waals surface area (Å²) < 4.78 is 5.07. The van der Waals surface area contributed by atoms with Crippen LogP contribution in [0.25, 0.3) is 0 Å². The fourth-order valence-electron chi connectivity index (χ4n) is 3.06. The van der Waals surface area contributed by atoms with Crippen LogP contribution in [0.4, 0.5) is 0 Å². The number of halogens is 2. The normalized spacial score (nSPS) is 16.4. The molecule has 1 aliphatic heterocycles. The Bertz CT molecular complexity index is 524. The smallest absolute Gasteiger partial charge is 0.191 e. The van der Waals surface area contributed by atoms with E-state index >= 15 is 0 Å². The molecule has 2 rings (SSSR count). The van der Waals surface area contributed by atoms with Gasteiger partial charge in [-0.25, -0.2) is 0 Å². The predicted molar refractivity (Wildman–Crippen MR) is 116 cm³/mol. The SMILES string of the molecule is CN=C(NCCCOC)NCC(c1cccc(Cl)c1)N1CCCC1.I.